The molecule has 2 aromatic rings. The molecule has 0 radical (unpaired) electrons. The zero-order valence-corrected chi connectivity index (χ0v) is 14.0. The minimum absolute atomic E-state index is 0.0117. The van der Waals surface area contributed by atoms with Gasteiger partial charge in [0.1, 0.15) is 16.9 Å². The highest BCUT2D eigenvalue weighted by Gasteiger charge is 2.35. The number of ketones is 1. The molecule has 0 saturated carbocycles. The van der Waals surface area contributed by atoms with Crippen LogP contribution in [-0.4, -0.2) is 56.4 Å². The van der Waals surface area contributed by atoms with Crippen molar-refractivity contribution >= 4 is 42.4 Å². The van der Waals surface area contributed by atoms with Gasteiger partial charge in [0, 0.05) is 25.7 Å². The maximum Gasteiger partial charge on any atom is 0.293 e. The lowest BCUT2D eigenvalue weighted by atomic mass is 10.3. The summed E-state index contributed by atoms with van der Waals surface area (Å²) in [5, 5.41) is 1.72. The van der Waals surface area contributed by atoms with Crippen molar-refractivity contribution in [2.75, 3.05) is 20.6 Å². The lowest BCUT2D eigenvalue weighted by Crippen LogP contribution is -2.49. The Labute approximate surface area is 131 Å². The van der Waals surface area contributed by atoms with E-state index in [1.165, 1.54) is 17.7 Å². The van der Waals surface area contributed by atoms with Crippen LogP contribution >= 0.6 is 11.3 Å². The van der Waals surface area contributed by atoms with E-state index in [-0.39, 0.29) is 9.40 Å². The van der Waals surface area contributed by atoms with E-state index in [9.17, 15) is 21.6 Å². The van der Waals surface area contributed by atoms with Crippen molar-refractivity contribution < 1.29 is 21.6 Å². The maximum absolute atomic E-state index is 12.3. The molecule has 0 amide bonds. The molecular formula is C9H13N5O5S3. The van der Waals surface area contributed by atoms with E-state index in [0.29, 0.717) is 4.83 Å². The Morgan fingerprint density at radius 1 is 1.27 bits per heavy atom. The number of hydrogen-bond acceptors (Lipinski definition) is 7. The quantitative estimate of drug-likeness (QED) is 0.592. The lowest BCUT2D eigenvalue weighted by molar-refractivity contribution is 0.0979. The summed E-state index contributed by atoms with van der Waals surface area (Å²) in [7, 11) is -6.66. The second-order valence-electron chi connectivity index (χ2n) is 3.98. The van der Waals surface area contributed by atoms with Crippen LogP contribution in [0.5, 0.6) is 0 Å². The number of nitrogens with one attached hydrogen (secondary N) is 2. The van der Waals surface area contributed by atoms with Crippen LogP contribution in [0.3, 0.4) is 0 Å². The number of carbonyl (C=O) groups excluding carboxylic acids is 1. The smallest absolute Gasteiger partial charge is 0.293 e. The zero-order chi connectivity index (χ0) is 16.5. The molecule has 0 bridgehead atoms. The highest BCUT2D eigenvalue weighted by atomic mass is 32.3. The Morgan fingerprint density at radius 3 is 2.41 bits per heavy atom. The third-order valence-corrected chi connectivity index (χ3v) is 7.16. The summed E-state index contributed by atoms with van der Waals surface area (Å²) < 4.78 is 52.8. The SMILES string of the molecule is CNS(=O)(=O)N(CC(=O)c1ncn2ccsc12)S(=O)(=O)NC. The monoisotopic (exact) mass is 367 g/mol. The van der Waals surface area contributed by atoms with Gasteiger partial charge in [-0.2, -0.15) is 16.8 Å². The number of thiazole rings is 1. The van der Waals surface area contributed by atoms with Gasteiger partial charge in [0.05, 0.1) is 6.54 Å². The largest absolute Gasteiger partial charge is 0.296 e. The number of imidazole rings is 1. The maximum atomic E-state index is 12.3. The van der Waals surface area contributed by atoms with Gasteiger partial charge in [0.25, 0.3) is 20.4 Å². The van der Waals surface area contributed by atoms with Gasteiger partial charge >= 0.3 is 0 Å². The van der Waals surface area contributed by atoms with Crippen LogP contribution in [0.2, 0.25) is 0 Å². The van der Waals surface area contributed by atoms with Gasteiger partial charge in [0.2, 0.25) is 5.78 Å². The molecule has 0 unspecified atom stereocenters. The molecule has 2 heterocycles. The van der Waals surface area contributed by atoms with Crippen molar-refractivity contribution in [1.82, 2.24) is 22.5 Å². The number of nitrogens with zero attached hydrogens (tertiary/aromatic N) is 3. The van der Waals surface area contributed by atoms with Gasteiger partial charge in [-0.05, 0) is 0 Å². The molecule has 0 aromatic carbocycles. The molecule has 0 aliphatic heterocycles. The molecule has 0 saturated heterocycles. The molecule has 0 atom stereocenters. The summed E-state index contributed by atoms with van der Waals surface area (Å²) >= 11 is 1.23. The van der Waals surface area contributed by atoms with Crippen molar-refractivity contribution in [2.45, 2.75) is 0 Å². The summed E-state index contributed by atoms with van der Waals surface area (Å²) in [6.07, 6.45) is 3.07. The third kappa shape index (κ3) is 3.04. The minimum atomic E-state index is -4.38. The first-order valence-electron chi connectivity index (χ1n) is 5.81. The minimum Gasteiger partial charge on any atom is -0.296 e. The van der Waals surface area contributed by atoms with Crippen molar-refractivity contribution in [3.05, 3.63) is 23.6 Å². The molecule has 0 spiro atoms. The number of aromatic nitrogens is 2. The van der Waals surface area contributed by atoms with E-state index in [0.717, 1.165) is 14.1 Å². The van der Waals surface area contributed by atoms with Gasteiger partial charge in [-0.25, -0.2) is 14.4 Å². The van der Waals surface area contributed by atoms with Crippen molar-refractivity contribution in [3.8, 4) is 0 Å². The first-order valence-corrected chi connectivity index (χ1v) is 9.57. The predicted molar refractivity (Wildman–Crippen MR) is 80.1 cm³/mol. The molecule has 122 valence electrons. The number of rotatable bonds is 7. The molecular weight excluding hydrogens is 354 g/mol. The van der Waals surface area contributed by atoms with Crippen LogP contribution in [0.4, 0.5) is 0 Å². The summed E-state index contributed by atoms with van der Waals surface area (Å²) in [4.78, 5) is 16.7. The molecule has 0 aliphatic carbocycles. The molecule has 10 nitrogen and oxygen atoms in total. The first-order chi connectivity index (χ1) is 10.2. The van der Waals surface area contributed by atoms with Gasteiger partial charge in [-0.3, -0.25) is 9.20 Å². The van der Waals surface area contributed by atoms with E-state index in [1.54, 1.807) is 16.0 Å². The normalized spacial score (nSPS) is 13.0. The molecule has 2 N–H and O–H groups in total. The average molecular weight is 367 g/mol. The molecule has 0 aliphatic rings. The number of fused-ring (bicyclic) bond motifs is 1. The van der Waals surface area contributed by atoms with Crippen LogP contribution < -0.4 is 9.44 Å². The predicted octanol–water partition coefficient (Wildman–Crippen LogP) is -1.19. The Morgan fingerprint density at radius 2 is 1.86 bits per heavy atom. The fourth-order valence-corrected chi connectivity index (χ4v) is 4.91. The van der Waals surface area contributed by atoms with E-state index < -0.39 is 32.7 Å². The third-order valence-electron chi connectivity index (χ3n) is 2.74. The molecule has 13 heteroatoms. The Hall–Kier alpha value is -1.38. The first kappa shape index (κ1) is 17.0. The highest BCUT2D eigenvalue weighted by Crippen LogP contribution is 2.17. The highest BCUT2D eigenvalue weighted by molar-refractivity contribution is 8.02. The van der Waals surface area contributed by atoms with E-state index >= 15 is 0 Å². The molecule has 22 heavy (non-hydrogen) atoms. The Kier molecular flexibility index (Phi) is 4.65. The van der Waals surface area contributed by atoms with Crippen molar-refractivity contribution in [2.24, 2.45) is 0 Å². The second-order valence-corrected chi connectivity index (χ2v) is 8.71. The summed E-state index contributed by atoms with van der Waals surface area (Å²) in [5.74, 6) is -0.734. The second kappa shape index (κ2) is 6.02. The lowest BCUT2D eigenvalue weighted by Gasteiger charge is -2.19. The number of Topliss-reactive ketones (excluding diaryl/α,β-unsaturated/α-hetero) is 1. The van der Waals surface area contributed by atoms with E-state index in [4.69, 9.17) is 0 Å². The van der Waals surface area contributed by atoms with Gasteiger partial charge in [-0.1, -0.05) is 3.71 Å². The fraction of sp³-hybridized carbons (Fsp3) is 0.333. The van der Waals surface area contributed by atoms with Crippen LogP contribution in [0.1, 0.15) is 10.5 Å². The van der Waals surface area contributed by atoms with Gasteiger partial charge in [0.15, 0.2) is 0 Å². The van der Waals surface area contributed by atoms with E-state index in [1.807, 2.05) is 9.44 Å². The van der Waals surface area contributed by atoms with Crippen LogP contribution in [0.15, 0.2) is 17.9 Å². The van der Waals surface area contributed by atoms with Crippen LogP contribution in [0.25, 0.3) is 4.83 Å². The van der Waals surface area contributed by atoms with E-state index in [2.05, 4.69) is 4.98 Å². The molecule has 0 fully saturated rings. The summed E-state index contributed by atoms with van der Waals surface area (Å²) in [5.41, 5.74) is 0.0117. The van der Waals surface area contributed by atoms with Crippen LogP contribution in [0, 0.1) is 0 Å². The Balaban J connectivity index is 2.40. The topological polar surface area (TPSA) is 130 Å². The number of hydrogen-bond donors (Lipinski definition) is 2. The molecule has 2 aromatic heterocycles. The summed E-state index contributed by atoms with van der Waals surface area (Å²) in [6.45, 7) is -0.892. The molecule has 2 rings (SSSR count). The van der Waals surface area contributed by atoms with Crippen molar-refractivity contribution in [1.29, 1.82) is 0 Å². The number of carbonyl (C=O) groups is 1. The average Bonchev–Trinajstić information content (AvgIpc) is 3.06. The van der Waals surface area contributed by atoms with Crippen molar-refractivity contribution in [3.63, 3.8) is 0 Å². The standard InChI is InChI=1S/C9H13N5O5S3/c1-10-21(16,17)14(22(18,19)11-2)5-7(15)8-9-13(6-12-8)3-4-20-9/h3-4,6,10-11H,5H2,1-2H3. The Bertz CT molecular complexity index is 863. The zero-order valence-electron chi connectivity index (χ0n) is 11.5. The fourth-order valence-electron chi connectivity index (χ4n) is 1.62. The van der Waals surface area contributed by atoms with Gasteiger partial charge < -0.3 is 0 Å². The van der Waals surface area contributed by atoms with Gasteiger partial charge in [-0.15, -0.1) is 11.3 Å². The summed E-state index contributed by atoms with van der Waals surface area (Å²) in [6, 6.07) is 0. The van der Waals surface area contributed by atoms with Crippen LogP contribution in [-0.2, 0) is 20.4 Å².